The van der Waals surface area contributed by atoms with Gasteiger partial charge in [0.25, 0.3) is 0 Å². The molecule has 2 nitrogen and oxygen atoms in total. The van der Waals surface area contributed by atoms with E-state index in [-0.39, 0.29) is 11.4 Å². The molecule has 4 rings (SSSR count). The molecule has 2 N–H and O–H groups in total. The van der Waals surface area contributed by atoms with Crippen molar-refractivity contribution in [3.05, 3.63) is 71.8 Å². The summed E-state index contributed by atoms with van der Waals surface area (Å²) in [6.45, 7) is 1.26. The van der Waals surface area contributed by atoms with Gasteiger partial charge in [-0.3, -0.25) is 0 Å². The number of fused-ring (bicyclic) bond motifs is 1. The Balaban J connectivity index is 1.58. The molecule has 0 unspecified atom stereocenters. The van der Waals surface area contributed by atoms with E-state index in [9.17, 15) is 8.78 Å². The maximum absolute atomic E-state index is 14.2. The minimum absolute atomic E-state index is 0.0468. The van der Waals surface area contributed by atoms with Crippen molar-refractivity contribution in [2.75, 3.05) is 23.7 Å². The lowest BCUT2D eigenvalue weighted by atomic mass is 9.86. The van der Waals surface area contributed by atoms with Gasteiger partial charge in [0, 0.05) is 18.8 Å². The van der Waals surface area contributed by atoms with Gasteiger partial charge >= 0.3 is 0 Å². The normalized spacial score (nSPS) is 15.7. The van der Waals surface area contributed by atoms with E-state index in [4.69, 9.17) is 5.73 Å². The van der Waals surface area contributed by atoms with Crippen molar-refractivity contribution in [1.29, 1.82) is 0 Å². The van der Waals surface area contributed by atoms with Gasteiger partial charge in [-0.1, -0.05) is 42.5 Å². The topological polar surface area (TPSA) is 29.3 Å². The SMILES string of the molecule is Nc1cc(F)c(N2CCC(c3cccc4ccccc34)CC2)c(F)c1. The van der Waals surface area contributed by atoms with Crippen LogP contribution in [0, 0.1) is 11.6 Å². The van der Waals surface area contributed by atoms with Gasteiger partial charge in [-0.2, -0.15) is 0 Å². The molecule has 0 spiro atoms. The summed E-state index contributed by atoms with van der Waals surface area (Å²) in [6.07, 6.45) is 1.74. The summed E-state index contributed by atoms with van der Waals surface area (Å²) in [7, 11) is 0. The summed E-state index contributed by atoms with van der Waals surface area (Å²) in [5.41, 5.74) is 7.00. The highest BCUT2D eigenvalue weighted by Crippen LogP contribution is 2.36. The van der Waals surface area contributed by atoms with Crippen molar-refractivity contribution in [2.45, 2.75) is 18.8 Å². The molecule has 25 heavy (non-hydrogen) atoms. The van der Waals surface area contributed by atoms with Gasteiger partial charge in [0.1, 0.15) is 5.69 Å². The van der Waals surface area contributed by atoms with Crippen LogP contribution in [0.3, 0.4) is 0 Å². The maximum Gasteiger partial charge on any atom is 0.151 e. The number of anilines is 2. The average molecular weight is 338 g/mol. The molecule has 3 aromatic rings. The quantitative estimate of drug-likeness (QED) is 0.660. The second-order valence-corrected chi connectivity index (χ2v) is 6.66. The number of nitrogens with two attached hydrogens (primary N) is 1. The van der Waals surface area contributed by atoms with Crippen molar-refractivity contribution in [2.24, 2.45) is 0 Å². The van der Waals surface area contributed by atoms with Crippen LogP contribution in [0.25, 0.3) is 10.8 Å². The van der Waals surface area contributed by atoms with E-state index in [0.717, 1.165) is 12.8 Å². The first-order valence-corrected chi connectivity index (χ1v) is 8.60. The molecule has 0 saturated carbocycles. The van der Waals surface area contributed by atoms with Crippen molar-refractivity contribution in [3.8, 4) is 0 Å². The van der Waals surface area contributed by atoms with E-state index in [2.05, 4.69) is 36.4 Å². The minimum atomic E-state index is -0.582. The van der Waals surface area contributed by atoms with Crippen molar-refractivity contribution >= 4 is 22.1 Å². The number of rotatable bonds is 2. The van der Waals surface area contributed by atoms with E-state index >= 15 is 0 Å². The molecule has 1 heterocycles. The van der Waals surface area contributed by atoms with E-state index < -0.39 is 11.6 Å². The molecule has 0 bridgehead atoms. The molecule has 1 aliphatic rings. The predicted octanol–water partition coefficient (Wildman–Crippen LogP) is 5.08. The number of hydrogen-bond donors (Lipinski definition) is 1. The molecular weight excluding hydrogens is 318 g/mol. The van der Waals surface area contributed by atoms with Crippen LogP contribution in [0.1, 0.15) is 24.3 Å². The van der Waals surface area contributed by atoms with Crippen LogP contribution in [0.15, 0.2) is 54.6 Å². The third-order valence-corrected chi connectivity index (χ3v) is 5.11. The van der Waals surface area contributed by atoms with Crippen LogP contribution in [0.4, 0.5) is 20.2 Å². The Kier molecular flexibility index (Phi) is 4.04. The van der Waals surface area contributed by atoms with Crippen LogP contribution in [0.5, 0.6) is 0 Å². The second-order valence-electron chi connectivity index (χ2n) is 6.66. The number of benzene rings is 3. The van der Waals surface area contributed by atoms with Crippen LogP contribution in [-0.4, -0.2) is 13.1 Å². The molecule has 1 saturated heterocycles. The minimum Gasteiger partial charge on any atom is -0.399 e. The highest BCUT2D eigenvalue weighted by atomic mass is 19.1. The van der Waals surface area contributed by atoms with Gasteiger partial charge in [-0.05, 0) is 47.2 Å². The lowest BCUT2D eigenvalue weighted by molar-refractivity contribution is 0.488. The van der Waals surface area contributed by atoms with E-state index in [1.165, 1.54) is 28.5 Å². The highest BCUT2D eigenvalue weighted by Gasteiger charge is 2.25. The Morgan fingerprint density at radius 2 is 1.52 bits per heavy atom. The standard InChI is InChI=1S/C21H20F2N2/c22-19-12-16(24)13-20(23)21(19)25-10-8-15(9-11-25)18-7-3-5-14-4-1-2-6-17(14)18/h1-7,12-13,15H,8-11,24H2. The largest absolute Gasteiger partial charge is 0.399 e. The summed E-state index contributed by atoms with van der Waals surface area (Å²) < 4.78 is 28.3. The Hall–Kier alpha value is -2.62. The molecule has 3 aromatic carbocycles. The Labute approximate surface area is 145 Å². The van der Waals surface area contributed by atoms with Gasteiger partial charge in [0.2, 0.25) is 0 Å². The lowest BCUT2D eigenvalue weighted by Crippen LogP contribution is -2.34. The summed E-state index contributed by atoms with van der Waals surface area (Å²) in [5, 5.41) is 2.51. The fourth-order valence-corrected chi connectivity index (χ4v) is 3.91. The molecule has 1 fully saturated rings. The molecule has 0 aliphatic carbocycles. The Morgan fingerprint density at radius 3 is 2.24 bits per heavy atom. The zero-order valence-corrected chi connectivity index (χ0v) is 13.9. The molecule has 0 aromatic heterocycles. The number of nitrogen functional groups attached to an aromatic ring is 1. The fraction of sp³-hybridized carbons (Fsp3) is 0.238. The predicted molar refractivity (Wildman–Crippen MR) is 98.9 cm³/mol. The van der Waals surface area contributed by atoms with E-state index in [0.29, 0.717) is 19.0 Å². The lowest BCUT2D eigenvalue weighted by Gasteiger charge is -2.34. The molecule has 0 radical (unpaired) electrons. The van der Waals surface area contributed by atoms with E-state index in [1.807, 2.05) is 6.07 Å². The van der Waals surface area contributed by atoms with Gasteiger partial charge < -0.3 is 10.6 Å². The van der Waals surface area contributed by atoms with Crippen LogP contribution < -0.4 is 10.6 Å². The summed E-state index contributed by atoms with van der Waals surface area (Å²) in [6, 6.07) is 17.1. The Bertz CT molecular complexity index is 886. The smallest absolute Gasteiger partial charge is 0.151 e. The first-order valence-electron chi connectivity index (χ1n) is 8.60. The first-order chi connectivity index (χ1) is 12.1. The molecule has 1 aliphatic heterocycles. The monoisotopic (exact) mass is 338 g/mol. The van der Waals surface area contributed by atoms with Crippen molar-refractivity contribution in [1.82, 2.24) is 0 Å². The summed E-state index contributed by atoms with van der Waals surface area (Å²) in [4.78, 5) is 1.80. The van der Waals surface area contributed by atoms with Crippen molar-refractivity contribution < 1.29 is 8.78 Å². The van der Waals surface area contributed by atoms with Crippen LogP contribution >= 0.6 is 0 Å². The molecule has 0 amide bonds. The first kappa shape index (κ1) is 15.9. The van der Waals surface area contributed by atoms with Crippen LogP contribution in [0.2, 0.25) is 0 Å². The van der Waals surface area contributed by atoms with Gasteiger partial charge in [0.15, 0.2) is 11.6 Å². The van der Waals surface area contributed by atoms with Gasteiger partial charge in [-0.25, -0.2) is 8.78 Å². The molecule has 4 heteroatoms. The third kappa shape index (κ3) is 2.93. The number of halogens is 2. The fourth-order valence-electron chi connectivity index (χ4n) is 3.91. The third-order valence-electron chi connectivity index (χ3n) is 5.11. The number of hydrogen-bond acceptors (Lipinski definition) is 2. The van der Waals surface area contributed by atoms with Gasteiger partial charge in [-0.15, -0.1) is 0 Å². The maximum atomic E-state index is 14.2. The Morgan fingerprint density at radius 1 is 0.880 bits per heavy atom. The van der Waals surface area contributed by atoms with Gasteiger partial charge in [0.05, 0.1) is 0 Å². The molecular formula is C21H20F2N2. The second kappa shape index (κ2) is 6.36. The van der Waals surface area contributed by atoms with Crippen LogP contribution in [-0.2, 0) is 0 Å². The zero-order chi connectivity index (χ0) is 17.4. The number of piperidine rings is 1. The molecule has 0 atom stereocenters. The molecule has 128 valence electrons. The van der Waals surface area contributed by atoms with E-state index in [1.54, 1.807) is 4.90 Å². The average Bonchev–Trinajstić information content (AvgIpc) is 2.61. The summed E-state index contributed by atoms with van der Waals surface area (Å²) >= 11 is 0. The van der Waals surface area contributed by atoms with Crippen molar-refractivity contribution in [3.63, 3.8) is 0 Å². The highest BCUT2D eigenvalue weighted by molar-refractivity contribution is 5.86. The number of nitrogens with zero attached hydrogens (tertiary/aromatic N) is 1. The zero-order valence-electron chi connectivity index (χ0n) is 13.9. The summed E-state index contributed by atoms with van der Waals surface area (Å²) in [5.74, 6) is -0.760.